The van der Waals surface area contributed by atoms with Gasteiger partial charge in [-0.05, 0) is 6.42 Å². The third-order valence-corrected chi connectivity index (χ3v) is 0.903. The molecular formula is C6H14AsNO. The molecule has 0 aromatic rings. The summed E-state index contributed by atoms with van der Waals surface area (Å²) < 4.78 is 0. The normalized spacial score (nSPS) is 16.0. The molecule has 1 aliphatic heterocycles. The number of nitrogens with one attached hydrogen (secondary N) is 1. The first-order valence-corrected chi connectivity index (χ1v) is 4.99. The molecule has 9 heavy (non-hydrogen) atoms. The Kier molecular flexibility index (Phi) is 6.17. The molecule has 0 radical (unpaired) electrons. The van der Waals surface area contributed by atoms with Crippen molar-refractivity contribution in [3.63, 3.8) is 0 Å². The number of amides is 1. The minimum atomic E-state index is 0.204. The van der Waals surface area contributed by atoms with Crippen LogP contribution in [-0.2, 0) is 4.79 Å². The second kappa shape index (κ2) is 6.15. The molecule has 1 N–H and O–H groups in total. The average Bonchev–Trinajstić information content (AvgIpc) is 2.20. The van der Waals surface area contributed by atoms with Gasteiger partial charge in [-0.25, -0.2) is 0 Å². The zero-order chi connectivity index (χ0) is 7.11. The second-order valence-electron chi connectivity index (χ2n) is 1.86. The molecule has 0 bridgehead atoms. The smallest absolute Gasteiger partial charge is 0.220 e. The first-order valence-electron chi connectivity index (χ1n) is 3.28. The maximum Gasteiger partial charge on any atom is 0.220 e. The van der Waals surface area contributed by atoms with Crippen molar-refractivity contribution in [3.05, 3.63) is 0 Å². The summed E-state index contributed by atoms with van der Waals surface area (Å²) in [6.07, 6.45) is 1.76. The number of carbonyl (C=O) groups is 1. The van der Waals surface area contributed by atoms with Gasteiger partial charge in [-0.2, -0.15) is 0 Å². The predicted molar refractivity (Wildman–Crippen MR) is 41.3 cm³/mol. The van der Waals surface area contributed by atoms with Crippen LogP contribution in [0.25, 0.3) is 0 Å². The summed E-state index contributed by atoms with van der Waals surface area (Å²) in [7, 11) is 0. The SMILES string of the molecule is CC[AsH2].O=C1CCCN1. The van der Waals surface area contributed by atoms with Gasteiger partial charge in [0.2, 0.25) is 5.91 Å². The van der Waals surface area contributed by atoms with Crippen molar-refractivity contribution < 1.29 is 4.79 Å². The molecule has 1 aliphatic rings. The molecule has 0 aromatic heterocycles. The molecule has 0 saturated carbocycles. The van der Waals surface area contributed by atoms with Crippen molar-refractivity contribution in [2.45, 2.75) is 25.0 Å². The Hall–Kier alpha value is 0.0284. The van der Waals surface area contributed by atoms with Gasteiger partial charge < -0.3 is 5.32 Å². The minimum absolute atomic E-state index is 0.204. The van der Waals surface area contributed by atoms with Crippen LogP contribution in [0.3, 0.4) is 0 Å². The molecule has 1 rings (SSSR count). The monoisotopic (exact) mass is 191 g/mol. The molecule has 2 nitrogen and oxygen atoms in total. The Labute approximate surface area is 64.9 Å². The third kappa shape index (κ3) is 5.91. The van der Waals surface area contributed by atoms with Crippen molar-refractivity contribution in [3.8, 4) is 0 Å². The van der Waals surface area contributed by atoms with Gasteiger partial charge in [-0.3, -0.25) is 4.79 Å². The second-order valence-corrected chi connectivity index (χ2v) is 3.57. The Bertz CT molecular complexity index is 77.1. The molecule has 1 saturated heterocycles. The number of rotatable bonds is 0. The Morgan fingerprint density at radius 1 is 1.78 bits per heavy atom. The van der Waals surface area contributed by atoms with E-state index in [2.05, 4.69) is 12.2 Å². The van der Waals surface area contributed by atoms with E-state index in [1.165, 1.54) is 5.21 Å². The fraction of sp³-hybridized carbons (Fsp3) is 0.833. The van der Waals surface area contributed by atoms with Crippen LogP contribution in [0.1, 0.15) is 19.8 Å². The van der Waals surface area contributed by atoms with Crippen LogP contribution in [0.4, 0.5) is 0 Å². The van der Waals surface area contributed by atoms with Crippen LogP contribution >= 0.6 is 0 Å². The number of carbonyl (C=O) groups excluding carboxylic acids is 1. The number of hydrogen-bond donors (Lipinski definition) is 1. The van der Waals surface area contributed by atoms with E-state index in [1.54, 1.807) is 16.9 Å². The molecule has 1 amide bonds. The van der Waals surface area contributed by atoms with Crippen molar-refractivity contribution >= 4 is 22.8 Å². The van der Waals surface area contributed by atoms with Crippen LogP contribution in [0.2, 0.25) is 5.21 Å². The van der Waals surface area contributed by atoms with Crippen LogP contribution in [0, 0.1) is 0 Å². The van der Waals surface area contributed by atoms with Crippen molar-refractivity contribution in [1.82, 2.24) is 5.32 Å². The van der Waals surface area contributed by atoms with Crippen LogP contribution in [-0.4, -0.2) is 29.3 Å². The first-order chi connectivity index (χ1) is 4.31. The summed E-state index contributed by atoms with van der Waals surface area (Å²) in [5.74, 6) is 0.204. The molecule has 1 fully saturated rings. The Morgan fingerprint density at radius 3 is 2.44 bits per heavy atom. The first kappa shape index (κ1) is 9.03. The molecule has 54 valence electrons. The standard InChI is InChI=1S/C4H7NO.C2H7As/c6-4-2-1-3-5-4;1-2-3/h1-3H2,(H,5,6);2-3H2,1H3. The van der Waals surface area contributed by atoms with Crippen molar-refractivity contribution in [2.75, 3.05) is 6.54 Å². The summed E-state index contributed by atoms with van der Waals surface area (Å²) in [5, 5.41) is 3.99. The maximum absolute atomic E-state index is 10.1. The van der Waals surface area contributed by atoms with E-state index >= 15 is 0 Å². The van der Waals surface area contributed by atoms with Gasteiger partial charge in [0.15, 0.2) is 0 Å². The summed E-state index contributed by atoms with van der Waals surface area (Å²) in [6, 6.07) is 0. The van der Waals surface area contributed by atoms with E-state index in [0.29, 0.717) is 0 Å². The fourth-order valence-corrected chi connectivity index (χ4v) is 0.565. The van der Waals surface area contributed by atoms with E-state index in [0.717, 1.165) is 19.4 Å². The van der Waals surface area contributed by atoms with Gasteiger partial charge in [0, 0.05) is 13.0 Å². The maximum atomic E-state index is 10.1. The molecule has 0 aromatic carbocycles. The predicted octanol–water partition coefficient (Wildman–Crippen LogP) is -0.0459. The third-order valence-electron chi connectivity index (χ3n) is 0.903. The largest absolute Gasteiger partial charge is 0.356 e. The van der Waals surface area contributed by atoms with Gasteiger partial charge in [0.05, 0.1) is 0 Å². The van der Waals surface area contributed by atoms with E-state index in [9.17, 15) is 4.79 Å². The van der Waals surface area contributed by atoms with Crippen molar-refractivity contribution in [1.29, 1.82) is 0 Å². The fourth-order valence-electron chi connectivity index (χ4n) is 0.565. The molecule has 0 spiro atoms. The van der Waals surface area contributed by atoms with E-state index in [1.807, 2.05) is 0 Å². The zero-order valence-electron chi connectivity index (χ0n) is 5.81. The van der Waals surface area contributed by atoms with E-state index in [4.69, 9.17) is 0 Å². The average molecular weight is 191 g/mol. The molecule has 3 heteroatoms. The Morgan fingerprint density at radius 2 is 2.33 bits per heavy atom. The summed E-state index contributed by atoms with van der Waals surface area (Å²) in [6.45, 7) is 3.04. The minimum Gasteiger partial charge on any atom is -0.356 e. The van der Waals surface area contributed by atoms with E-state index < -0.39 is 0 Å². The van der Waals surface area contributed by atoms with Crippen LogP contribution < -0.4 is 5.32 Å². The van der Waals surface area contributed by atoms with Gasteiger partial charge in [-0.1, -0.05) is 0 Å². The quantitative estimate of drug-likeness (QED) is 0.534. The molecule has 1 heterocycles. The summed E-state index contributed by atoms with van der Waals surface area (Å²) in [5.41, 5.74) is 0. The van der Waals surface area contributed by atoms with Crippen LogP contribution in [0.15, 0.2) is 0 Å². The summed E-state index contributed by atoms with van der Waals surface area (Å²) in [4.78, 5) is 10.1. The van der Waals surface area contributed by atoms with Gasteiger partial charge in [0.1, 0.15) is 0 Å². The van der Waals surface area contributed by atoms with E-state index in [-0.39, 0.29) is 5.91 Å². The van der Waals surface area contributed by atoms with Gasteiger partial charge >= 0.3 is 29.0 Å². The van der Waals surface area contributed by atoms with Gasteiger partial charge in [-0.15, -0.1) is 0 Å². The topological polar surface area (TPSA) is 29.1 Å². The van der Waals surface area contributed by atoms with Crippen LogP contribution in [0.5, 0.6) is 0 Å². The molecular weight excluding hydrogens is 177 g/mol. The molecule has 1 unspecified atom stereocenters. The Balaban J connectivity index is 0.000000187. The molecule has 0 aliphatic carbocycles. The molecule has 1 atom stereocenters. The zero-order valence-corrected chi connectivity index (χ0v) is 8.24. The summed E-state index contributed by atoms with van der Waals surface area (Å²) >= 11 is 1.78. The van der Waals surface area contributed by atoms with Crippen molar-refractivity contribution in [2.24, 2.45) is 0 Å². The number of hydrogen-bond acceptors (Lipinski definition) is 1. The van der Waals surface area contributed by atoms with Gasteiger partial charge in [0.25, 0.3) is 0 Å².